The van der Waals surface area contributed by atoms with Gasteiger partial charge in [0.25, 0.3) is 5.91 Å². The van der Waals surface area contributed by atoms with Gasteiger partial charge in [0.05, 0.1) is 12.7 Å². The molecule has 2 aliphatic heterocycles. The largest absolute Gasteiger partial charge is 0.491 e. The molecule has 0 saturated carbocycles. The Kier molecular flexibility index (Phi) is 6.14. The van der Waals surface area contributed by atoms with Crippen molar-refractivity contribution in [3.63, 3.8) is 0 Å². The number of amides is 2. The summed E-state index contributed by atoms with van der Waals surface area (Å²) in [4.78, 5) is 33.1. The first kappa shape index (κ1) is 20.5. The van der Waals surface area contributed by atoms with Crippen molar-refractivity contribution in [2.24, 2.45) is 0 Å². The predicted molar refractivity (Wildman–Crippen MR) is 109 cm³/mol. The smallest absolute Gasteiger partial charge is 0.265 e. The van der Waals surface area contributed by atoms with Gasteiger partial charge in [-0.2, -0.15) is 0 Å². The first-order valence-electron chi connectivity index (χ1n) is 9.79. The van der Waals surface area contributed by atoms with E-state index in [4.69, 9.17) is 15.2 Å². The third-order valence-corrected chi connectivity index (χ3v) is 6.15. The van der Waals surface area contributed by atoms with E-state index in [0.717, 1.165) is 0 Å². The summed E-state index contributed by atoms with van der Waals surface area (Å²) in [7, 11) is 0. The Morgan fingerprint density at radius 1 is 1.30 bits per heavy atom. The number of anilines is 1. The second-order valence-corrected chi connectivity index (χ2v) is 8.39. The SMILES string of the molecule is Nc1ncc(C(=O)N2CCC(N3CC(COc4ccc(F)cc4)OCC3=O)CC2)s1. The van der Waals surface area contributed by atoms with Crippen molar-refractivity contribution in [3.05, 3.63) is 41.2 Å². The summed E-state index contributed by atoms with van der Waals surface area (Å²) in [6, 6.07) is 5.85. The molecule has 160 valence electrons. The maximum Gasteiger partial charge on any atom is 0.265 e. The molecular formula is C20H23FN4O4S. The number of aromatic nitrogens is 1. The summed E-state index contributed by atoms with van der Waals surface area (Å²) < 4.78 is 24.3. The molecule has 2 aliphatic rings. The molecular weight excluding hydrogens is 411 g/mol. The molecule has 3 heterocycles. The third-order valence-electron chi connectivity index (χ3n) is 5.34. The highest BCUT2D eigenvalue weighted by molar-refractivity contribution is 7.17. The van der Waals surface area contributed by atoms with Gasteiger partial charge in [0.2, 0.25) is 5.91 Å². The summed E-state index contributed by atoms with van der Waals surface area (Å²) in [5, 5.41) is 0.376. The monoisotopic (exact) mass is 434 g/mol. The summed E-state index contributed by atoms with van der Waals surface area (Å²) in [5.74, 6) is 0.116. The summed E-state index contributed by atoms with van der Waals surface area (Å²) in [5.41, 5.74) is 5.62. The molecule has 2 amide bonds. The molecule has 0 radical (unpaired) electrons. The second-order valence-electron chi connectivity index (χ2n) is 7.33. The fourth-order valence-corrected chi connectivity index (χ4v) is 4.39. The number of nitrogens with two attached hydrogens (primary N) is 1. The molecule has 2 fully saturated rings. The molecule has 1 atom stereocenters. The lowest BCUT2D eigenvalue weighted by atomic mass is 10.0. The molecule has 1 aromatic carbocycles. The number of nitrogens with zero attached hydrogens (tertiary/aromatic N) is 3. The number of hydrogen-bond acceptors (Lipinski definition) is 7. The van der Waals surface area contributed by atoms with Crippen LogP contribution in [0.4, 0.5) is 9.52 Å². The summed E-state index contributed by atoms with van der Waals surface area (Å²) in [6.45, 7) is 1.87. The van der Waals surface area contributed by atoms with E-state index in [1.54, 1.807) is 17.0 Å². The van der Waals surface area contributed by atoms with Crippen molar-refractivity contribution < 1.29 is 23.5 Å². The predicted octanol–water partition coefficient (Wildman–Crippen LogP) is 1.78. The van der Waals surface area contributed by atoms with Crippen LogP contribution in [-0.2, 0) is 9.53 Å². The van der Waals surface area contributed by atoms with E-state index in [1.807, 2.05) is 4.90 Å². The van der Waals surface area contributed by atoms with Gasteiger partial charge in [0.15, 0.2) is 5.13 Å². The number of thiazole rings is 1. The number of morpholine rings is 1. The van der Waals surface area contributed by atoms with Crippen molar-refractivity contribution >= 4 is 28.3 Å². The first-order valence-corrected chi connectivity index (χ1v) is 10.6. The van der Waals surface area contributed by atoms with Gasteiger partial charge in [0, 0.05) is 19.1 Å². The van der Waals surface area contributed by atoms with Gasteiger partial charge in [-0.1, -0.05) is 11.3 Å². The average molecular weight is 434 g/mol. The van der Waals surface area contributed by atoms with Crippen LogP contribution in [0, 0.1) is 5.82 Å². The topological polar surface area (TPSA) is 98.0 Å². The maximum atomic E-state index is 13.0. The second kappa shape index (κ2) is 8.97. The fraction of sp³-hybridized carbons (Fsp3) is 0.450. The number of piperidine rings is 1. The van der Waals surface area contributed by atoms with Gasteiger partial charge in [-0.15, -0.1) is 0 Å². The Morgan fingerprint density at radius 3 is 2.70 bits per heavy atom. The molecule has 30 heavy (non-hydrogen) atoms. The third kappa shape index (κ3) is 4.71. The Labute approximate surface area is 177 Å². The standard InChI is InChI=1S/C20H23FN4O4S/c21-13-1-3-15(4-2-13)28-11-16-10-25(18(26)12-29-16)14-5-7-24(8-6-14)19(27)17-9-23-20(22)30-17/h1-4,9,14,16H,5-8,10-12H2,(H2,22,23). The number of rotatable bonds is 5. The van der Waals surface area contributed by atoms with E-state index in [2.05, 4.69) is 4.98 Å². The molecule has 4 rings (SSSR count). The van der Waals surface area contributed by atoms with Gasteiger partial charge < -0.3 is 25.0 Å². The van der Waals surface area contributed by atoms with Gasteiger partial charge in [-0.05, 0) is 37.1 Å². The molecule has 0 aliphatic carbocycles. The van der Waals surface area contributed by atoms with Crippen LogP contribution in [0.3, 0.4) is 0 Å². The molecule has 0 spiro atoms. The Hall–Kier alpha value is -2.72. The van der Waals surface area contributed by atoms with Crippen molar-refractivity contribution in [3.8, 4) is 5.75 Å². The number of likely N-dealkylation sites (tertiary alicyclic amines) is 1. The Bertz CT molecular complexity index is 898. The van der Waals surface area contributed by atoms with Crippen LogP contribution in [0.25, 0.3) is 0 Å². The van der Waals surface area contributed by atoms with Crippen LogP contribution in [0.2, 0.25) is 0 Å². The maximum absolute atomic E-state index is 13.0. The minimum atomic E-state index is -0.323. The number of nitrogen functional groups attached to an aromatic ring is 1. The van der Waals surface area contributed by atoms with Crippen LogP contribution in [0.1, 0.15) is 22.5 Å². The van der Waals surface area contributed by atoms with Crippen molar-refractivity contribution in [1.29, 1.82) is 0 Å². The van der Waals surface area contributed by atoms with Crippen LogP contribution < -0.4 is 10.5 Å². The molecule has 2 saturated heterocycles. The summed E-state index contributed by atoms with van der Waals surface area (Å²) in [6.07, 6.45) is 2.66. The zero-order valence-corrected chi connectivity index (χ0v) is 17.1. The molecule has 10 heteroatoms. The van der Waals surface area contributed by atoms with E-state index < -0.39 is 0 Å². The highest BCUT2D eigenvalue weighted by Gasteiger charge is 2.35. The van der Waals surface area contributed by atoms with E-state index in [1.165, 1.54) is 29.7 Å². The van der Waals surface area contributed by atoms with Gasteiger partial charge >= 0.3 is 0 Å². The van der Waals surface area contributed by atoms with Crippen molar-refractivity contribution in [1.82, 2.24) is 14.8 Å². The number of ether oxygens (including phenoxy) is 2. The summed E-state index contributed by atoms with van der Waals surface area (Å²) >= 11 is 1.18. The normalized spacial score (nSPS) is 20.4. The Morgan fingerprint density at radius 2 is 2.03 bits per heavy atom. The van der Waals surface area contributed by atoms with Crippen molar-refractivity contribution in [2.75, 3.05) is 38.6 Å². The lowest BCUT2D eigenvalue weighted by Crippen LogP contribution is -2.55. The quantitative estimate of drug-likeness (QED) is 0.770. The number of benzene rings is 1. The van der Waals surface area contributed by atoms with Crippen LogP contribution in [0.5, 0.6) is 5.75 Å². The van der Waals surface area contributed by atoms with Gasteiger partial charge in [0.1, 0.15) is 35.8 Å². The lowest BCUT2D eigenvalue weighted by Gasteiger charge is -2.42. The molecule has 0 bridgehead atoms. The minimum absolute atomic E-state index is 0.0106. The number of halogens is 1. The van der Waals surface area contributed by atoms with E-state index >= 15 is 0 Å². The highest BCUT2D eigenvalue weighted by atomic mass is 32.1. The van der Waals surface area contributed by atoms with Crippen LogP contribution in [-0.4, -0.2) is 71.6 Å². The number of carbonyl (C=O) groups excluding carboxylic acids is 2. The average Bonchev–Trinajstić information content (AvgIpc) is 3.20. The molecule has 1 aromatic heterocycles. The first-order chi connectivity index (χ1) is 14.5. The van der Waals surface area contributed by atoms with Crippen LogP contribution >= 0.6 is 11.3 Å². The highest BCUT2D eigenvalue weighted by Crippen LogP contribution is 2.24. The van der Waals surface area contributed by atoms with Crippen LogP contribution in [0.15, 0.2) is 30.5 Å². The van der Waals surface area contributed by atoms with E-state index in [0.29, 0.717) is 48.2 Å². The molecule has 2 aromatic rings. The van der Waals surface area contributed by atoms with E-state index in [-0.39, 0.29) is 43.0 Å². The van der Waals surface area contributed by atoms with Gasteiger partial charge in [-0.25, -0.2) is 9.37 Å². The fourth-order valence-electron chi connectivity index (χ4n) is 3.74. The number of hydrogen-bond donors (Lipinski definition) is 1. The lowest BCUT2D eigenvalue weighted by molar-refractivity contribution is -0.155. The Balaban J connectivity index is 1.29. The molecule has 2 N–H and O–H groups in total. The zero-order chi connectivity index (χ0) is 21.1. The number of carbonyl (C=O) groups is 2. The minimum Gasteiger partial charge on any atom is -0.491 e. The molecule has 1 unspecified atom stereocenters. The zero-order valence-electron chi connectivity index (χ0n) is 16.3. The molecule has 8 nitrogen and oxygen atoms in total. The van der Waals surface area contributed by atoms with Gasteiger partial charge in [-0.3, -0.25) is 9.59 Å². The van der Waals surface area contributed by atoms with E-state index in [9.17, 15) is 14.0 Å². The van der Waals surface area contributed by atoms with Crippen molar-refractivity contribution in [2.45, 2.75) is 25.0 Å².